The first-order chi connectivity index (χ1) is 9.65. The molecule has 0 spiro atoms. The first-order valence-corrected chi connectivity index (χ1v) is 8.93. The lowest BCUT2D eigenvalue weighted by Crippen LogP contribution is -2.18. The number of fused-ring (bicyclic) bond motifs is 1. The highest BCUT2D eigenvalue weighted by molar-refractivity contribution is 7.99. The van der Waals surface area contributed by atoms with Crippen molar-refractivity contribution in [2.45, 2.75) is 43.4 Å². The van der Waals surface area contributed by atoms with Gasteiger partial charge in [0.15, 0.2) is 0 Å². The molecule has 2 aromatic rings. The number of halogens is 2. The summed E-state index contributed by atoms with van der Waals surface area (Å²) < 4.78 is 2.28. The van der Waals surface area contributed by atoms with E-state index in [9.17, 15) is 0 Å². The van der Waals surface area contributed by atoms with Gasteiger partial charge in [-0.3, -0.25) is 0 Å². The number of alkyl halides is 1. The predicted octanol–water partition coefficient (Wildman–Crippen LogP) is 5.28. The van der Waals surface area contributed by atoms with Crippen molar-refractivity contribution in [3.63, 3.8) is 0 Å². The second-order valence-corrected chi connectivity index (χ2v) is 7.82. The molecule has 5 heteroatoms. The van der Waals surface area contributed by atoms with Gasteiger partial charge in [-0.1, -0.05) is 18.0 Å². The van der Waals surface area contributed by atoms with Gasteiger partial charge in [0.25, 0.3) is 0 Å². The number of hydrogen-bond acceptors (Lipinski definition) is 2. The van der Waals surface area contributed by atoms with Crippen molar-refractivity contribution < 1.29 is 0 Å². The molecule has 0 amide bonds. The van der Waals surface area contributed by atoms with Crippen LogP contribution in [-0.2, 0) is 6.54 Å². The smallest absolute Gasteiger partial charge is 0.127 e. The molecule has 0 N–H and O–H groups in total. The molecule has 0 aliphatic carbocycles. The molecule has 1 saturated heterocycles. The van der Waals surface area contributed by atoms with Gasteiger partial charge in [0, 0.05) is 16.8 Å². The molecule has 108 valence electrons. The molecule has 1 fully saturated rings. The minimum atomic E-state index is -0.0882. The molecular weight excluding hydrogens is 311 g/mol. The Labute approximate surface area is 133 Å². The first kappa shape index (κ1) is 14.6. The third-order valence-corrected chi connectivity index (χ3v) is 5.57. The van der Waals surface area contributed by atoms with E-state index in [-0.39, 0.29) is 5.38 Å². The van der Waals surface area contributed by atoms with Crippen molar-refractivity contribution >= 4 is 46.0 Å². The molecule has 2 unspecified atom stereocenters. The summed E-state index contributed by atoms with van der Waals surface area (Å²) in [4.78, 5) is 4.68. The lowest BCUT2D eigenvalue weighted by molar-refractivity contribution is 0.575. The normalized spacial score (nSPS) is 21.2. The Balaban J connectivity index is 1.99. The van der Waals surface area contributed by atoms with E-state index in [2.05, 4.69) is 27.4 Å². The fourth-order valence-electron chi connectivity index (χ4n) is 2.77. The Bertz CT molecular complexity index is 603. The Morgan fingerprint density at radius 1 is 1.45 bits per heavy atom. The second-order valence-electron chi connectivity index (χ2n) is 5.32. The maximum absolute atomic E-state index is 6.31. The van der Waals surface area contributed by atoms with Crippen LogP contribution < -0.4 is 0 Å². The van der Waals surface area contributed by atoms with E-state index in [1.807, 2.05) is 19.1 Å². The largest absolute Gasteiger partial charge is 0.326 e. The summed E-state index contributed by atoms with van der Waals surface area (Å²) in [6.45, 7) is 2.98. The number of hydrogen-bond donors (Lipinski definition) is 0. The minimum absolute atomic E-state index is 0.0882. The third kappa shape index (κ3) is 2.95. The van der Waals surface area contributed by atoms with Crippen LogP contribution in [0.2, 0.25) is 5.02 Å². The number of nitrogens with zero attached hydrogens (tertiary/aromatic N) is 2. The van der Waals surface area contributed by atoms with Crippen molar-refractivity contribution in [1.29, 1.82) is 0 Å². The molecule has 1 aliphatic rings. The average molecular weight is 329 g/mol. The minimum Gasteiger partial charge on any atom is -0.326 e. The van der Waals surface area contributed by atoms with Crippen molar-refractivity contribution in [1.82, 2.24) is 9.55 Å². The van der Waals surface area contributed by atoms with Crippen LogP contribution >= 0.6 is 35.0 Å². The SMILES string of the molecule is CC(Cl)c1nc2cc(Cl)ccc2n1CC1CCCCS1. The number of rotatable bonds is 3. The highest BCUT2D eigenvalue weighted by Crippen LogP contribution is 2.31. The molecule has 0 saturated carbocycles. The zero-order valence-corrected chi connectivity index (χ0v) is 13.8. The van der Waals surface area contributed by atoms with Gasteiger partial charge in [-0.2, -0.15) is 11.8 Å². The van der Waals surface area contributed by atoms with Crippen LogP contribution in [0.3, 0.4) is 0 Å². The summed E-state index contributed by atoms with van der Waals surface area (Å²) in [5.41, 5.74) is 2.09. The van der Waals surface area contributed by atoms with Crippen LogP contribution in [0.15, 0.2) is 18.2 Å². The predicted molar refractivity (Wildman–Crippen MR) is 89.1 cm³/mol. The lowest BCUT2D eigenvalue weighted by Gasteiger charge is -2.23. The zero-order chi connectivity index (χ0) is 14.1. The van der Waals surface area contributed by atoms with Crippen LogP contribution in [0.1, 0.15) is 37.4 Å². The van der Waals surface area contributed by atoms with Crippen molar-refractivity contribution in [2.75, 3.05) is 5.75 Å². The number of benzene rings is 1. The molecule has 1 aromatic heterocycles. The van der Waals surface area contributed by atoms with E-state index in [0.29, 0.717) is 5.25 Å². The van der Waals surface area contributed by atoms with Gasteiger partial charge in [-0.25, -0.2) is 4.98 Å². The maximum Gasteiger partial charge on any atom is 0.127 e. The summed E-state index contributed by atoms with van der Waals surface area (Å²) in [7, 11) is 0. The molecule has 0 radical (unpaired) electrons. The van der Waals surface area contributed by atoms with E-state index in [1.54, 1.807) is 0 Å². The number of aromatic nitrogens is 2. The zero-order valence-electron chi connectivity index (χ0n) is 11.5. The first-order valence-electron chi connectivity index (χ1n) is 7.06. The van der Waals surface area contributed by atoms with Gasteiger partial charge >= 0.3 is 0 Å². The van der Waals surface area contributed by atoms with Crippen LogP contribution in [0, 0.1) is 0 Å². The Morgan fingerprint density at radius 3 is 3.00 bits per heavy atom. The van der Waals surface area contributed by atoms with Crippen LogP contribution in [0.5, 0.6) is 0 Å². The third-order valence-electron chi connectivity index (χ3n) is 3.76. The summed E-state index contributed by atoms with van der Waals surface area (Å²) >= 11 is 14.5. The molecule has 2 nitrogen and oxygen atoms in total. The van der Waals surface area contributed by atoms with Crippen LogP contribution in [0.4, 0.5) is 0 Å². The Morgan fingerprint density at radius 2 is 2.30 bits per heavy atom. The van der Waals surface area contributed by atoms with Crippen molar-refractivity contribution in [3.05, 3.63) is 29.0 Å². The number of thioether (sulfide) groups is 1. The quantitative estimate of drug-likeness (QED) is 0.714. The van der Waals surface area contributed by atoms with Crippen LogP contribution in [0.25, 0.3) is 11.0 Å². The number of imidazole rings is 1. The van der Waals surface area contributed by atoms with E-state index < -0.39 is 0 Å². The standard InChI is InChI=1S/C15H18Cl2N2S/c1-10(16)15-18-13-8-11(17)5-6-14(13)19(15)9-12-4-2-3-7-20-12/h5-6,8,10,12H,2-4,7,9H2,1H3. The monoisotopic (exact) mass is 328 g/mol. The highest BCUT2D eigenvalue weighted by Gasteiger charge is 2.20. The maximum atomic E-state index is 6.31. The van der Waals surface area contributed by atoms with Gasteiger partial charge in [0.05, 0.1) is 16.4 Å². The molecule has 1 aromatic carbocycles. The summed E-state index contributed by atoms with van der Waals surface area (Å²) in [6, 6.07) is 5.91. The molecule has 20 heavy (non-hydrogen) atoms. The lowest BCUT2D eigenvalue weighted by atomic mass is 10.2. The molecule has 3 rings (SSSR count). The molecule has 0 bridgehead atoms. The average Bonchev–Trinajstić information content (AvgIpc) is 2.78. The van der Waals surface area contributed by atoms with Gasteiger partial charge in [0.1, 0.15) is 5.82 Å². The fraction of sp³-hybridized carbons (Fsp3) is 0.533. The summed E-state index contributed by atoms with van der Waals surface area (Å²) in [6.07, 6.45) is 3.97. The van der Waals surface area contributed by atoms with Gasteiger partial charge in [-0.05, 0) is 43.7 Å². The van der Waals surface area contributed by atoms with Crippen molar-refractivity contribution in [3.8, 4) is 0 Å². The topological polar surface area (TPSA) is 17.8 Å². The molecule has 2 atom stereocenters. The van der Waals surface area contributed by atoms with Gasteiger partial charge in [0.2, 0.25) is 0 Å². The highest BCUT2D eigenvalue weighted by atomic mass is 35.5. The fourth-order valence-corrected chi connectivity index (χ4v) is 4.40. The van der Waals surface area contributed by atoms with Gasteiger partial charge < -0.3 is 4.57 Å². The molecule has 2 heterocycles. The molecule has 1 aliphatic heterocycles. The van der Waals surface area contributed by atoms with Crippen LogP contribution in [-0.4, -0.2) is 20.6 Å². The Kier molecular flexibility index (Phi) is 4.49. The van der Waals surface area contributed by atoms with E-state index >= 15 is 0 Å². The second kappa shape index (κ2) is 6.17. The van der Waals surface area contributed by atoms with E-state index in [4.69, 9.17) is 23.2 Å². The van der Waals surface area contributed by atoms with E-state index in [1.165, 1.54) is 25.0 Å². The van der Waals surface area contributed by atoms with Gasteiger partial charge in [-0.15, -0.1) is 11.6 Å². The summed E-state index contributed by atoms with van der Waals surface area (Å²) in [5, 5.41) is 1.31. The summed E-state index contributed by atoms with van der Waals surface area (Å²) in [5.74, 6) is 2.23. The molecular formula is C15H18Cl2N2S. The van der Waals surface area contributed by atoms with E-state index in [0.717, 1.165) is 28.4 Å². The van der Waals surface area contributed by atoms with Crippen molar-refractivity contribution in [2.24, 2.45) is 0 Å². The Hall–Kier alpha value is -0.380.